The molecule has 0 aliphatic carbocycles. The first kappa shape index (κ1) is 19.7. The van der Waals surface area contributed by atoms with Gasteiger partial charge in [0.05, 0.1) is 34.4 Å². The SMILES string of the molecule is Cc1ccc2cc(C(=O)Nc3ccc(Cl)cc3NC(=O)c3ccco3)c(C)nc2c1. The van der Waals surface area contributed by atoms with Gasteiger partial charge in [0, 0.05) is 10.4 Å². The van der Waals surface area contributed by atoms with Crippen LogP contribution < -0.4 is 10.6 Å². The topological polar surface area (TPSA) is 84.2 Å². The molecule has 150 valence electrons. The van der Waals surface area contributed by atoms with Crippen LogP contribution in [0.15, 0.2) is 65.3 Å². The van der Waals surface area contributed by atoms with Crippen molar-refractivity contribution in [3.63, 3.8) is 0 Å². The lowest BCUT2D eigenvalue weighted by atomic mass is 10.1. The number of nitrogens with zero attached hydrogens (tertiary/aromatic N) is 1. The van der Waals surface area contributed by atoms with Crippen LogP contribution in [0, 0.1) is 13.8 Å². The van der Waals surface area contributed by atoms with Crippen LogP contribution in [0.5, 0.6) is 0 Å². The zero-order valence-corrected chi connectivity index (χ0v) is 17.1. The number of carbonyl (C=O) groups is 2. The van der Waals surface area contributed by atoms with Gasteiger partial charge in [0.2, 0.25) is 0 Å². The van der Waals surface area contributed by atoms with Crippen molar-refractivity contribution >= 4 is 45.7 Å². The number of hydrogen-bond donors (Lipinski definition) is 2. The smallest absolute Gasteiger partial charge is 0.291 e. The second-order valence-corrected chi connectivity index (χ2v) is 7.33. The molecule has 2 heterocycles. The summed E-state index contributed by atoms with van der Waals surface area (Å²) in [6, 6.07) is 15.7. The van der Waals surface area contributed by atoms with Gasteiger partial charge in [-0.25, -0.2) is 0 Å². The minimum atomic E-state index is -0.448. The van der Waals surface area contributed by atoms with Crippen LogP contribution in [0.25, 0.3) is 10.9 Å². The predicted molar refractivity (Wildman–Crippen MR) is 117 cm³/mol. The van der Waals surface area contributed by atoms with Gasteiger partial charge in [-0.05, 0) is 61.9 Å². The molecule has 0 fully saturated rings. The number of rotatable bonds is 4. The van der Waals surface area contributed by atoms with Crippen LogP contribution >= 0.6 is 11.6 Å². The Morgan fingerprint density at radius 3 is 2.50 bits per heavy atom. The predicted octanol–water partition coefficient (Wildman–Crippen LogP) is 5.60. The maximum absolute atomic E-state index is 13.0. The summed E-state index contributed by atoms with van der Waals surface area (Å²) in [5, 5.41) is 6.84. The standard InChI is InChI=1S/C23H18ClN3O3/c1-13-5-6-15-11-17(14(2)25-19(15)10-13)22(28)26-18-8-7-16(24)12-20(18)27-23(29)21-4-3-9-30-21/h3-12H,1-2H3,(H,26,28)(H,27,29). The first-order chi connectivity index (χ1) is 14.4. The maximum Gasteiger partial charge on any atom is 0.291 e. The highest BCUT2D eigenvalue weighted by Crippen LogP contribution is 2.28. The first-order valence-corrected chi connectivity index (χ1v) is 9.62. The highest BCUT2D eigenvalue weighted by atomic mass is 35.5. The minimum Gasteiger partial charge on any atom is -0.459 e. The number of anilines is 2. The van der Waals surface area contributed by atoms with Crippen LogP contribution in [0.4, 0.5) is 11.4 Å². The molecule has 7 heteroatoms. The number of furan rings is 1. The highest BCUT2D eigenvalue weighted by Gasteiger charge is 2.16. The molecule has 0 bridgehead atoms. The van der Waals surface area contributed by atoms with Crippen LogP contribution in [0.1, 0.15) is 32.2 Å². The van der Waals surface area contributed by atoms with Crippen LogP contribution in [-0.2, 0) is 0 Å². The fourth-order valence-corrected chi connectivity index (χ4v) is 3.29. The fraction of sp³-hybridized carbons (Fsp3) is 0.0870. The van der Waals surface area contributed by atoms with Gasteiger partial charge < -0.3 is 15.1 Å². The molecule has 0 saturated heterocycles. The fourth-order valence-electron chi connectivity index (χ4n) is 3.11. The van der Waals surface area contributed by atoms with Gasteiger partial charge in [0.1, 0.15) is 0 Å². The van der Waals surface area contributed by atoms with E-state index in [9.17, 15) is 9.59 Å². The van der Waals surface area contributed by atoms with E-state index in [1.165, 1.54) is 6.26 Å². The van der Waals surface area contributed by atoms with E-state index in [0.29, 0.717) is 27.7 Å². The quantitative estimate of drug-likeness (QED) is 0.450. The number of hydrogen-bond acceptors (Lipinski definition) is 4. The summed E-state index contributed by atoms with van der Waals surface area (Å²) in [5.41, 5.74) is 3.77. The lowest BCUT2D eigenvalue weighted by Gasteiger charge is -2.13. The number of carbonyl (C=O) groups excluding carboxylic acids is 2. The molecule has 0 saturated carbocycles. The van der Waals surface area contributed by atoms with Crippen molar-refractivity contribution in [3.05, 3.63) is 88.5 Å². The molecule has 4 aromatic rings. The van der Waals surface area contributed by atoms with Crippen molar-refractivity contribution in [3.8, 4) is 0 Å². The van der Waals surface area contributed by atoms with Crippen LogP contribution in [0.3, 0.4) is 0 Å². The Morgan fingerprint density at radius 1 is 0.933 bits per heavy atom. The zero-order chi connectivity index (χ0) is 21.3. The van der Waals surface area contributed by atoms with Crippen molar-refractivity contribution in [2.24, 2.45) is 0 Å². The van der Waals surface area contributed by atoms with Crippen LogP contribution in [-0.4, -0.2) is 16.8 Å². The Kier molecular flexibility index (Phi) is 5.25. The molecule has 2 N–H and O–H groups in total. The first-order valence-electron chi connectivity index (χ1n) is 9.24. The van der Waals surface area contributed by atoms with E-state index >= 15 is 0 Å². The summed E-state index contributed by atoms with van der Waals surface area (Å²) < 4.78 is 5.11. The van der Waals surface area contributed by atoms with Gasteiger partial charge in [-0.1, -0.05) is 23.7 Å². The Bertz CT molecular complexity index is 1270. The minimum absolute atomic E-state index is 0.150. The number of pyridine rings is 1. The second kappa shape index (κ2) is 8.00. The molecule has 2 aromatic carbocycles. The third-order valence-electron chi connectivity index (χ3n) is 4.63. The van der Waals surface area contributed by atoms with E-state index in [2.05, 4.69) is 15.6 Å². The van der Waals surface area contributed by atoms with Crippen LogP contribution in [0.2, 0.25) is 5.02 Å². The van der Waals surface area contributed by atoms with E-state index in [-0.39, 0.29) is 11.7 Å². The third-order valence-corrected chi connectivity index (χ3v) is 4.87. The van der Waals surface area contributed by atoms with Gasteiger partial charge in [0.15, 0.2) is 5.76 Å². The van der Waals surface area contributed by atoms with Crippen molar-refractivity contribution < 1.29 is 14.0 Å². The molecule has 6 nitrogen and oxygen atoms in total. The third kappa shape index (κ3) is 4.04. The van der Waals surface area contributed by atoms with Gasteiger partial charge in [-0.2, -0.15) is 0 Å². The van der Waals surface area contributed by atoms with Gasteiger partial charge in [-0.15, -0.1) is 0 Å². The van der Waals surface area contributed by atoms with E-state index < -0.39 is 5.91 Å². The van der Waals surface area contributed by atoms with E-state index in [0.717, 1.165) is 16.5 Å². The molecule has 0 aliphatic heterocycles. The molecule has 0 radical (unpaired) electrons. The summed E-state index contributed by atoms with van der Waals surface area (Å²) in [5.74, 6) is -0.632. The molecule has 2 aromatic heterocycles. The molecule has 30 heavy (non-hydrogen) atoms. The van der Waals surface area contributed by atoms with Crippen molar-refractivity contribution in [2.45, 2.75) is 13.8 Å². The molecular formula is C23H18ClN3O3. The lowest BCUT2D eigenvalue weighted by molar-refractivity contribution is 0.0993. The second-order valence-electron chi connectivity index (χ2n) is 6.89. The summed E-state index contributed by atoms with van der Waals surface area (Å²) in [6.45, 7) is 3.79. The number of fused-ring (bicyclic) bond motifs is 1. The highest BCUT2D eigenvalue weighted by molar-refractivity contribution is 6.31. The van der Waals surface area contributed by atoms with Gasteiger partial charge >= 0.3 is 0 Å². The molecular weight excluding hydrogens is 402 g/mol. The average molecular weight is 420 g/mol. The zero-order valence-electron chi connectivity index (χ0n) is 16.3. The van der Waals surface area contributed by atoms with E-state index in [4.69, 9.17) is 16.0 Å². The summed E-state index contributed by atoms with van der Waals surface area (Å²) in [6.07, 6.45) is 1.41. The van der Waals surface area contributed by atoms with E-state index in [1.54, 1.807) is 37.3 Å². The Morgan fingerprint density at radius 2 is 1.73 bits per heavy atom. The molecule has 2 amide bonds. The lowest BCUT2D eigenvalue weighted by Crippen LogP contribution is -2.17. The molecule has 0 spiro atoms. The van der Waals surface area contributed by atoms with Gasteiger partial charge in [0.25, 0.3) is 11.8 Å². The molecule has 0 atom stereocenters. The van der Waals surface area contributed by atoms with Crippen molar-refractivity contribution in [1.82, 2.24) is 4.98 Å². The molecule has 0 unspecified atom stereocenters. The summed E-state index contributed by atoms with van der Waals surface area (Å²) in [7, 11) is 0. The average Bonchev–Trinajstić information content (AvgIpc) is 3.24. The largest absolute Gasteiger partial charge is 0.459 e. The summed E-state index contributed by atoms with van der Waals surface area (Å²) in [4.78, 5) is 29.9. The number of aromatic nitrogens is 1. The Balaban J connectivity index is 1.63. The summed E-state index contributed by atoms with van der Waals surface area (Å²) >= 11 is 6.08. The molecule has 4 rings (SSSR count). The number of benzene rings is 2. The Hall–Kier alpha value is -3.64. The normalized spacial score (nSPS) is 10.8. The number of amides is 2. The monoisotopic (exact) mass is 419 g/mol. The number of nitrogens with one attached hydrogen (secondary N) is 2. The van der Waals surface area contributed by atoms with Crippen molar-refractivity contribution in [2.75, 3.05) is 10.6 Å². The van der Waals surface area contributed by atoms with Crippen molar-refractivity contribution in [1.29, 1.82) is 0 Å². The maximum atomic E-state index is 13.0. The van der Waals surface area contributed by atoms with E-state index in [1.807, 2.05) is 31.2 Å². The van der Waals surface area contributed by atoms with Gasteiger partial charge in [-0.3, -0.25) is 14.6 Å². The Labute approximate surface area is 177 Å². The number of aryl methyl sites for hydroxylation is 2. The number of halogens is 1. The molecule has 0 aliphatic rings.